The summed E-state index contributed by atoms with van der Waals surface area (Å²) < 4.78 is 5.41. The van der Waals surface area contributed by atoms with Crippen LogP contribution in [0.1, 0.15) is 22.3 Å². The van der Waals surface area contributed by atoms with Gasteiger partial charge in [0, 0.05) is 17.2 Å². The number of phenols is 1. The first-order valence-electron chi connectivity index (χ1n) is 11.4. The topological polar surface area (TPSA) is 111 Å². The quantitative estimate of drug-likeness (QED) is 0.323. The number of nitrogens with zero attached hydrogens (tertiary/aromatic N) is 3. The van der Waals surface area contributed by atoms with Gasteiger partial charge in [0.05, 0.1) is 11.7 Å². The van der Waals surface area contributed by atoms with Gasteiger partial charge in [-0.2, -0.15) is 0 Å². The maximum atomic E-state index is 10.8. The number of benzene rings is 3. The Morgan fingerprint density at radius 2 is 1.22 bits per heavy atom. The Morgan fingerprint density at radius 3 is 1.67 bits per heavy atom. The standard InChI is InChI=1S/C28H28N3O4.Cs/c1-16-5-8-22(18(3)11-16)26-29-27(23-9-6-17(2)12-19(23)4)31-28(30-26)24-10-7-21(13-25(24)34)35-15-20(33)14-32;/h5-13,20,33-34H,14-15H2,1-4H3;/q-1;+1. The fraction of sp³-hybridized carbons (Fsp3) is 0.250. The average Bonchev–Trinajstić information content (AvgIpc) is 2.82. The summed E-state index contributed by atoms with van der Waals surface area (Å²) in [4.78, 5) is 14.2. The molecule has 4 aromatic rings. The number of aromatic nitrogens is 3. The Labute approximate surface area is 270 Å². The van der Waals surface area contributed by atoms with Gasteiger partial charge in [-0.3, -0.25) is 0 Å². The number of phenolic OH excluding ortho intramolecular Hbond substituents is 1. The molecule has 4 rings (SSSR count). The third-order valence-electron chi connectivity index (χ3n) is 5.73. The van der Waals surface area contributed by atoms with E-state index in [0.717, 1.165) is 33.4 Å². The maximum Gasteiger partial charge on any atom is 1.00 e. The van der Waals surface area contributed by atoms with E-state index < -0.39 is 12.7 Å². The molecule has 0 spiro atoms. The maximum absolute atomic E-state index is 10.8. The van der Waals surface area contributed by atoms with E-state index in [4.69, 9.17) is 19.7 Å². The minimum Gasteiger partial charge on any atom is -0.853 e. The van der Waals surface area contributed by atoms with Gasteiger partial charge in [0.2, 0.25) is 0 Å². The number of aliphatic hydroxyl groups excluding tert-OH is 1. The molecule has 0 aliphatic rings. The van der Waals surface area contributed by atoms with E-state index in [0.29, 0.717) is 28.8 Å². The molecule has 8 heteroatoms. The zero-order valence-corrected chi connectivity index (χ0v) is 27.5. The summed E-state index contributed by atoms with van der Waals surface area (Å²) in [5.41, 5.74) is 6.56. The molecule has 0 aliphatic carbocycles. The fourth-order valence-corrected chi connectivity index (χ4v) is 3.90. The molecule has 36 heavy (non-hydrogen) atoms. The van der Waals surface area contributed by atoms with E-state index in [2.05, 4.69) is 12.1 Å². The van der Waals surface area contributed by atoms with Crippen molar-refractivity contribution < 1.29 is 89.0 Å². The Bertz CT molecular complexity index is 1310. The molecule has 7 nitrogen and oxygen atoms in total. The van der Waals surface area contributed by atoms with Crippen LogP contribution in [0.15, 0.2) is 54.6 Å². The molecule has 0 radical (unpaired) electrons. The van der Waals surface area contributed by atoms with Crippen LogP contribution >= 0.6 is 0 Å². The molecule has 1 heterocycles. The van der Waals surface area contributed by atoms with E-state index >= 15 is 0 Å². The Kier molecular flexibility index (Phi) is 10.1. The molecule has 1 unspecified atom stereocenters. The van der Waals surface area contributed by atoms with E-state index in [9.17, 15) is 15.3 Å². The molecule has 180 valence electrons. The second kappa shape index (κ2) is 12.7. The van der Waals surface area contributed by atoms with Gasteiger partial charge in [0.15, 0.2) is 17.5 Å². The van der Waals surface area contributed by atoms with Gasteiger partial charge >= 0.3 is 68.9 Å². The number of aliphatic hydroxyl groups is 1. The second-order valence-corrected chi connectivity index (χ2v) is 8.75. The van der Waals surface area contributed by atoms with Gasteiger partial charge in [0.25, 0.3) is 0 Å². The molecule has 2 N–H and O–H groups in total. The monoisotopic (exact) mass is 603 g/mol. The Hall–Kier alpha value is -1.76. The van der Waals surface area contributed by atoms with Crippen LogP contribution in [0.4, 0.5) is 0 Å². The first-order chi connectivity index (χ1) is 16.7. The van der Waals surface area contributed by atoms with Crippen LogP contribution in [0.3, 0.4) is 0 Å². The zero-order chi connectivity index (χ0) is 25.1. The first kappa shape index (κ1) is 28.8. The molecule has 0 bridgehead atoms. The van der Waals surface area contributed by atoms with Crippen molar-refractivity contribution in [2.75, 3.05) is 13.2 Å². The summed E-state index contributed by atoms with van der Waals surface area (Å²) in [5.74, 6) is 1.61. The van der Waals surface area contributed by atoms with Crippen molar-refractivity contribution in [1.82, 2.24) is 15.0 Å². The van der Waals surface area contributed by atoms with Gasteiger partial charge in [0.1, 0.15) is 18.1 Å². The number of aromatic hydroxyl groups is 1. The first-order valence-corrected chi connectivity index (χ1v) is 11.4. The predicted molar refractivity (Wildman–Crippen MR) is 133 cm³/mol. The normalized spacial score (nSPS) is 11.6. The smallest absolute Gasteiger partial charge is 0.853 e. The predicted octanol–water partition coefficient (Wildman–Crippen LogP) is 0.916. The summed E-state index contributed by atoms with van der Waals surface area (Å²) in [5, 5.41) is 31.0. The summed E-state index contributed by atoms with van der Waals surface area (Å²) in [6.45, 7) is 7.30. The largest absolute Gasteiger partial charge is 1.00 e. The van der Waals surface area contributed by atoms with E-state index in [1.807, 2.05) is 52.0 Å². The number of ether oxygens (including phenoxy) is 1. The number of aryl methyl sites for hydroxylation is 4. The van der Waals surface area contributed by atoms with Gasteiger partial charge < -0.3 is 20.1 Å². The molecule has 0 amide bonds. The van der Waals surface area contributed by atoms with Crippen LogP contribution in [-0.4, -0.2) is 44.5 Å². The molecular weight excluding hydrogens is 575 g/mol. The third-order valence-corrected chi connectivity index (χ3v) is 5.73. The van der Waals surface area contributed by atoms with Crippen LogP contribution in [0.2, 0.25) is 0 Å². The van der Waals surface area contributed by atoms with Crippen molar-refractivity contribution in [3.05, 3.63) is 76.9 Å². The van der Waals surface area contributed by atoms with Crippen molar-refractivity contribution in [2.24, 2.45) is 0 Å². The van der Waals surface area contributed by atoms with Crippen molar-refractivity contribution >= 4 is 0 Å². The van der Waals surface area contributed by atoms with Crippen molar-refractivity contribution in [1.29, 1.82) is 0 Å². The van der Waals surface area contributed by atoms with Gasteiger partial charge in [-0.15, -0.1) is 6.61 Å². The zero-order valence-electron chi connectivity index (χ0n) is 21.2. The molecule has 1 atom stereocenters. The fourth-order valence-electron chi connectivity index (χ4n) is 3.90. The van der Waals surface area contributed by atoms with Crippen molar-refractivity contribution in [3.8, 4) is 45.7 Å². The molecular formula is C28H28CsN3O4. The number of hydrogen-bond acceptors (Lipinski definition) is 7. The minimum absolute atomic E-state index is 0. The average molecular weight is 603 g/mol. The van der Waals surface area contributed by atoms with Gasteiger partial charge in [-0.25, -0.2) is 15.0 Å². The molecule has 1 aromatic heterocycles. The third kappa shape index (κ3) is 6.76. The molecule has 0 fully saturated rings. The summed E-state index contributed by atoms with van der Waals surface area (Å²) in [6.07, 6.45) is -1.11. The summed E-state index contributed by atoms with van der Waals surface area (Å²) >= 11 is 0. The van der Waals surface area contributed by atoms with Crippen LogP contribution in [0, 0.1) is 27.7 Å². The molecule has 3 aromatic carbocycles. The molecule has 0 saturated heterocycles. The SMILES string of the molecule is Cc1ccc(-c2nc(-c3ccc(C)cc3C)nc(-c3ccc(OCC(O)C[O-])cc3O)n2)c(C)c1.[Cs+]. The van der Waals surface area contributed by atoms with E-state index in [1.54, 1.807) is 12.1 Å². The van der Waals surface area contributed by atoms with Crippen molar-refractivity contribution in [3.63, 3.8) is 0 Å². The molecule has 0 saturated carbocycles. The van der Waals surface area contributed by atoms with Gasteiger partial charge in [-0.05, 0) is 51.0 Å². The van der Waals surface area contributed by atoms with Crippen LogP contribution in [0.25, 0.3) is 34.2 Å². The van der Waals surface area contributed by atoms with Crippen LogP contribution in [-0.2, 0) is 0 Å². The van der Waals surface area contributed by atoms with E-state index in [1.165, 1.54) is 6.07 Å². The Balaban J connectivity index is 0.00000361. The Morgan fingerprint density at radius 1 is 0.750 bits per heavy atom. The summed E-state index contributed by atoms with van der Waals surface area (Å²) in [7, 11) is 0. The van der Waals surface area contributed by atoms with Crippen LogP contribution in [0.5, 0.6) is 11.5 Å². The van der Waals surface area contributed by atoms with E-state index in [-0.39, 0.29) is 81.3 Å². The second-order valence-electron chi connectivity index (χ2n) is 8.75. The van der Waals surface area contributed by atoms with Crippen molar-refractivity contribution in [2.45, 2.75) is 33.8 Å². The molecule has 0 aliphatic heterocycles. The minimum atomic E-state index is -1.11. The number of hydrogen-bond donors (Lipinski definition) is 2. The van der Waals surface area contributed by atoms with Crippen LogP contribution < -0.4 is 78.7 Å². The summed E-state index contributed by atoms with van der Waals surface area (Å²) in [6, 6.07) is 16.9. The van der Waals surface area contributed by atoms with Gasteiger partial charge in [-0.1, -0.05) is 47.5 Å². The number of rotatable bonds is 7.